The van der Waals surface area contributed by atoms with Crippen molar-refractivity contribution >= 4 is 11.9 Å². The Labute approximate surface area is 117 Å². The van der Waals surface area contributed by atoms with Crippen molar-refractivity contribution in [3.8, 4) is 0 Å². The highest BCUT2D eigenvalue weighted by Crippen LogP contribution is 2.24. The van der Waals surface area contributed by atoms with E-state index in [2.05, 4.69) is 5.16 Å². The summed E-state index contributed by atoms with van der Waals surface area (Å²) < 4.78 is 5.04. The Morgan fingerprint density at radius 3 is 2.80 bits per heavy atom. The van der Waals surface area contributed by atoms with Crippen LogP contribution in [-0.4, -0.2) is 40.1 Å². The fraction of sp³-hybridized carbons (Fsp3) is 0.643. The molecule has 0 bridgehead atoms. The van der Waals surface area contributed by atoms with Gasteiger partial charge in [0.25, 0.3) is 5.91 Å². The molecule has 6 heteroatoms. The molecule has 1 aliphatic rings. The molecule has 1 atom stereocenters. The van der Waals surface area contributed by atoms with Crippen molar-refractivity contribution in [1.82, 2.24) is 10.1 Å². The SMILES string of the molecule is Cc1noc(C)c1C(=O)N1CCCC(CCC(=O)O)C1. The summed E-state index contributed by atoms with van der Waals surface area (Å²) in [7, 11) is 0. The number of hydrogen-bond donors (Lipinski definition) is 1. The van der Waals surface area contributed by atoms with Crippen molar-refractivity contribution in [3.63, 3.8) is 0 Å². The van der Waals surface area contributed by atoms with Gasteiger partial charge in [0, 0.05) is 19.5 Å². The number of carboxylic acid groups (broad SMARTS) is 1. The first kappa shape index (κ1) is 14.6. The minimum absolute atomic E-state index is 0.0544. The topological polar surface area (TPSA) is 83.6 Å². The number of aryl methyl sites for hydroxylation is 2. The lowest BCUT2D eigenvalue weighted by Gasteiger charge is -2.32. The molecule has 2 rings (SSSR count). The predicted octanol–water partition coefficient (Wildman–Crippen LogP) is 2.01. The maximum Gasteiger partial charge on any atom is 0.303 e. The van der Waals surface area contributed by atoms with Crippen molar-refractivity contribution < 1.29 is 19.2 Å². The Kier molecular flexibility index (Phi) is 4.42. The molecule has 6 nitrogen and oxygen atoms in total. The van der Waals surface area contributed by atoms with E-state index >= 15 is 0 Å². The Hall–Kier alpha value is -1.85. The molecule has 1 saturated heterocycles. The van der Waals surface area contributed by atoms with E-state index in [-0.39, 0.29) is 18.2 Å². The molecular formula is C14H20N2O4. The van der Waals surface area contributed by atoms with Crippen LogP contribution in [0.5, 0.6) is 0 Å². The van der Waals surface area contributed by atoms with Crippen LogP contribution in [0.4, 0.5) is 0 Å². The lowest BCUT2D eigenvalue weighted by molar-refractivity contribution is -0.137. The zero-order valence-corrected chi connectivity index (χ0v) is 11.9. The van der Waals surface area contributed by atoms with Gasteiger partial charge in [0.05, 0.1) is 5.69 Å². The normalized spacial score (nSPS) is 19.1. The quantitative estimate of drug-likeness (QED) is 0.912. The third-order valence-electron chi connectivity index (χ3n) is 3.82. The highest BCUT2D eigenvalue weighted by molar-refractivity contribution is 5.96. The molecule has 1 aliphatic heterocycles. The van der Waals surface area contributed by atoms with Gasteiger partial charge < -0.3 is 14.5 Å². The molecule has 1 aromatic heterocycles. The van der Waals surface area contributed by atoms with Crippen LogP contribution in [0.1, 0.15) is 47.5 Å². The van der Waals surface area contributed by atoms with Crippen LogP contribution in [0.15, 0.2) is 4.52 Å². The average Bonchev–Trinajstić information content (AvgIpc) is 2.75. The van der Waals surface area contributed by atoms with Gasteiger partial charge in [-0.25, -0.2) is 0 Å². The molecule has 1 unspecified atom stereocenters. The van der Waals surface area contributed by atoms with Crippen molar-refractivity contribution in [3.05, 3.63) is 17.0 Å². The fourth-order valence-corrected chi connectivity index (χ4v) is 2.76. The number of carboxylic acids is 1. The summed E-state index contributed by atoms with van der Waals surface area (Å²) in [5, 5.41) is 12.6. The molecule has 1 aromatic rings. The second kappa shape index (κ2) is 6.07. The number of nitrogens with zero attached hydrogens (tertiary/aromatic N) is 2. The monoisotopic (exact) mass is 280 g/mol. The molecule has 2 heterocycles. The first-order chi connectivity index (χ1) is 9.49. The lowest BCUT2D eigenvalue weighted by atomic mass is 9.93. The van der Waals surface area contributed by atoms with Crippen molar-refractivity contribution in [2.24, 2.45) is 5.92 Å². The van der Waals surface area contributed by atoms with Crippen molar-refractivity contribution in [2.45, 2.75) is 39.5 Å². The number of aromatic nitrogens is 1. The molecule has 20 heavy (non-hydrogen) atoms. The van der Waals surface area contributed by atoms with E-state index in [0.29, 0.717) is 36.5 Å². The summed E-state index contributed by atoms with van der Waals surface area (Å²) in [4.78, 5) is 24.9. The van der Waals surface area contributed by atoms with Crippen molar-refractivity contribution in [2.75, 3.05) is 13.1 Å². The smallest absolute Gasteiger partial charge is 0.303 e. The van der Waals surface area contributed by atoms with Crippen LogP contribution in [0.3, 0.4) is 0 Å². The second-order valence-electron chi connectivity index (χ2n) is 5.39. The van der Waals surface area contributed by atoms with Crippen LogP contribution >= 0.6 is 0 Å². The van der Waals surface area contributed by atoms with E-state index in [1.807, 2.05) is 0 Å². The van der Waals surface area contributed by atoms with Crippen LogP contribution in [0.2, 0.25) is 0 Å². The number of likely N-dealkylation sites (tertiary alicyclic amines) is 1. The number of hydrogen-bond acceptors (Lipinski definition) is 4. The van der Waals surface area contributed by atoms with Crippen LogP contribution in [-0.2, 0) is 4.79 Å². The minimum Gasteiger partial charge on any atom is -0.481 e. The average molecular weight is 280 g/mol. The van der Waals surface area contributed by atoms with Gasteiger partial charge >= 0.3 is 5.97 Å². The predicted molar refractivity (Wildman–Crippen MR) is 71.5 cm³/mol. The van der Waals surface area contributed by atoms with Gasteiger partial charge in [0.2, 0.25) is 0 Å². The Morgan fingerprint density at radius 1 is 1.45 bits per heavy atom. The second-order valence-corrected chi connectivity index (χ2v) is 5.39. The van der Waals surface area contributed by atoms with Crippen molar-refractivity contribution in [1.29, 1.82) is 0 Å². The Balaban J connectivity index is 2.02. The van der Waals surface area contributed by atoms with Gasteiger partial charge in [-0.05, 0) is 39.0 Å². The minimum atomic E-state index is -0.779. The van der Waals surface area contributed by atoms with E-state index < -0.39 is 5.97 Å². The van der Waals surface area contributed by atoms with Gasteiger partial charge in [0.15, 0.2) is 0 Å². The number of aliphatic carboxylic acids is 1. The maximum absolute atomic E-state index is 12.5. The van der Waals surface area contributed by atoms with Crippen LogP contribution in [0.25, 0.3) is 0 Å². The lowest BCUT2D eigenvalue weighted by Crippen LogP contribution is -2.40. The molecule has 0 radical (unpaired) electrons. The van der Waals surface area contributed by atoms with E-state index in [9.17, 15) is 9.59 Å². The fourth-order valence-electron chi connectivity index (χ4n) is 2.76. The summed E-state index contributed by atoms with van der Waals surface area (Å²) in [5.41, 5.74) is 1.16. The summed E-state index contributed by atoms with van der Waals surface area (Å²) in [5.74, 6) is -0.0233. The van der Waals surface area contributed by atoms with E-state index in [0.717, 1.165) is 12.8 Å². The van der Waals surface area contributed by atoms with Crippen LogP contribution < -0.4 is 0 Å². The summed E-state index contributed by atoms with van der Waals surface area (Å²) in [6.07, 6.45) is 2.69. The first-order valence-corrected chi connectivity index (χ1v) is 6.93. The summed E-state index contributed by atoms with van der Waals surface area (Å²) in [6.45, 7) is 4.83. The van der Waals surface area contributed by atoms with Gasteiger partial charge in [-0.3, -0.25) is 9.59 Å². The summed E-state index contributed by atoms with van der Waals surface area (Å²) in [6, 6.07) is 0. The van der Waals surface area contributed by atoms with Gasteiger partial charge in [0.1, 0.15) is 11.3 Å². The number of carbonyl (C=O) groups is 2. The van der Waals surface area contributed by atoms with E-state index in [1.165, 1.54) is 0 Å². The molecule has 1 fully saturated rings. The van der Waals surface area contributed by atoms with E-state index in [1.54, 1.807) is 18.7 Å². The Bertz CT molecular complexity index is 490. The molecule has 1 N–H and O–H groups in total. The zero-order valence-electron chi connectivity index (χ0n) is 11.9. The third-order valence-corrected chi connectivity index (χ3v) is 3.82. The molecule has 0 aromatic carbocycles. The zero-order chi connectivity index (χ0) is 14.7. The van der Waals surface area contributed by atoms with E-state index in [4.69, 9.17) is 9.63 Å². The first-order valence-electron chi connectivity index (χ1n) is 6.93. The van der Waals surface area contributed by atoms with Gasteiger partial charge in [-0.15, -0.1) is 0 Å². The molecule has 0 saturated carbocycles. The molecule has 0 aliphatic carbocycles. The highest BCUT2D eigenvalue weighted by Gasteiger charge is 2.28. The number of rotatable bonds is 4. The molecule has 110 valence electrons. The molecule has 1 amide bonds. The van der Waals surface area contributed by atoms with Crippen LogP contribution in [0, 0.1) is 19.8 Å². The number of piperidine rings is 1. The standard InChI is InChI=1S/C14H20N2O4/c1-9-13(10(2)20-15-9)14(19)16-7-3-4-11(8-16)5-6-12(17)18/h11H,3-8H2,1-2H3,(H,17,18). The van der Waals surface area contributed by atoms with Gasteiger partial charge in [-0.1, -0.05) is 5.16 Å². The number of amides is 1. The summed E-state index contributed by atoms with van der Waals surface area (Å²) >= 11 is 0. The molecule has 0 spiro atoms. The number of carbonyl (C=O) groups excluding carboxylic acids is 1. The largest absolute Gasteiger partial charge is 0.481 e. The molecular weight excluding hydrogens is 260 g/mol. The highest BCUT2D eigenvalue weighted by atomic mass is 16.5. The van der Waals surface area contributed by atoms with Gasteiger partial charge in [-0.2, -0.15) is 0 Å². The Morgan fingerprint density at radius 2 is 2.20 bits per heavy atom. The third kappa shape index (κ3) is 3.18. The maximum atomic E-state index is 12.5.